The molecule has 2 N–H and O–H groups in total. The fourth-order valence-electron chi connectivity index (χ4n) is 2.93. The van der Waals surface area contributed by atoms with Crippen molar-refractivity contribution in [3.05, 3.63) is 35.5 Å². The van der Waals surface area contributed by atoms with Gasteiger partial charge in [-0.05, 0) is 44.5 Å². The topological polar surface area (TPSA) is 71.4 Å². The standard InChI is InChI=1S/C19H27N5O.ClH/c1-4-23(5-2)17-6-7-18(15(3)12-17)22-14-16(13-20)19(25)24-10-8-21-9-11-24;/h6-7,12,14,21-22H,4-5,8-11H2,1-3H3;1H/p-1/b16-14-;. The lowest BCUT2D eigenvalue weighted by Crippen LogP contribution is -3.00. The molecule has 0 atom stereocenters. The average molecular weight is 377 g/mol. The van der Waals surface area contributed by atoms with Gasteiger partial charge in [-0.25, -0.2) is 0 Å². The van der Waals surface area contributed by atoms with Crippen LogP contribution >= 0.6 is 0 Å². The van der Waals surface area contributed by atoms with Gasteiger partial charge in [0, 0.05) is 56.8 Å². The maximum atomic E-state index is 12.4. The second-order valence-electron chi connectivity index (χ2n) is 6.03. The fraction of sp³-hybridized carbons (Fsp3) is 0.474. The molecule has 0 aliphatic carbocycles. The van der Waals surface area contributed by atoms with Crippen molar-refractivity contribution >= 4 is 17.3 Å². The SMILES string of the molecule is CCN(CC)c1ccc(N/C=C(/C#N)C(=O)N2CCNCC2)c(C)c1.[Cl-]. The van der Waals surface area contributed by atoms with E-state index in [0.717, 1.165) is 37.4 Å². The Labute approximate surface area is 162 Å². The largest absolute Gasteiger partial charge is 1.00 e. The Morgan fingerprint density at radius 1 is 1.35 bits per heavy atom. The van der Waals surface area contributed by atoms with Crippen LogP contribution in [0.4, 0.5) is 11.4 Å². The number of nitrogens with one attached hydrogen (secondary N) is 2. The summed E-state index contributed by atoms with van der Waals surface area (Å²) in [7, 11) is 0. The van der Waals surface area contributed by atoms with Crippen LogP contribution in [0, 0.1) is 18.3 Å². The highest BCUT2D eigenvalue weighted by atomic mass is 35.5. The second-order valence-corrected chi connectivity index (χ2v) is 6.03. The van der Waals surface area contributed by atoms with Crippen LogP contribution in [0.3, 0.4) is 0 Å². The number of rotatable bonds is 6. The molecule has 1 amide bonds. The first-order valence-corrected chi connectivity index (χ1v) is 8.83. The third kappa shape index (κ3) is 5.38. The van der Waals surface area contributed by atoms with E-state index in [9.17, 15) is 10.1 Å². The van der Waals surface area contributed by atoms with E-state index < -0.39 is 0 Å². The van der Waals surface area contributed by atoms with Crippen LogP contribution in [0.2, 0.25) is 0 Å². The summed E-state index contributed by atoms with van der Waals surface area (Å²) in [6, 6.07) is 8.18. The zero-order valence-electron chi connectivity index (χ0n) is 15.7. The maximum absolute atomic E-state index is 12.4. The molecule has 7 heteroatoms. The number of hydrogen-bond donors (Lipinski definition) is 2. The zero-order chi connectivity index (χ0) is 18.2. The predicted octanol–water partition coefficient (Wildman–Crippen LogP) is -0.904. The molecule has 0 bridgehead atoms. The average Bonchev–Trinajstić information content (AvgIpc) is 2.65. The molecule has 1 aromatic rings. The molecule has 1 aromatic carbocycles. The smallest absolute Gasteiger partial charge is 0.266 e. The molecule has 142 valence electrons. The van der Waals surface area contributed by atoms with Crippen LogP contribution in [0.5, 0.6) is 0 Å². The Balaban J connectivity index is 0.00000338. The van der Waals surface area contributed by atoms with Gasteiger partial charge in [0.1, 0.15) is 11.6 Å². The summed E-state index contributed by atoms with van der Waals surface area (Å²) >= 11 is 0. The molecule has 0 unspecified atom stereocenters. The minimum atomic E-state index is -0.214. The first kappa shape index (κ1) is 21.8. The van der Waals surface area contributed by atoms with Gasteiger partial charge in [-0.3, -0.25) is 4.79 Å². The number of amides is 1. The molecule has 6 nitrogen and oxygen atoms in total. The van der Waals surface area contributed by atoms with Crippen LogP contribution in [-0.4, -0.2) is 50.1 Å². The summed E-state index contributed by atoms with van der Waals surface area (Å²) in [5.74, 6) is -0.214. The summed E-state index contributed by atoms with van der Waals surface area (Å²) in [4.78, 5) is 16.4. The summed E-state index contributed by atoms with van der Waals surface area (Å²) in [5, 5.41) is 15.6. The van der Waals surface area contributed by atoms with E-state index in [-0.39, 0.29) is 23.9 Å². The highest BCUT2D eigenvalue weighted by molar-refractivity contribution is 5.97. The van der Waals surface area contributed by atoms with Gasteiger partial charge in [-0.15, -0.1) is 0 Å². The van der Waals surface area contributed by atoms with Crippen molar-refractivity contribution in [2.75, 3.05) is 49.5 Å². The lowest BCUT2D eigenvalue weighted by atomic mass is 10.1. The first-order valence-electron chi connectivity index (χ1n) is 8.83. The molecule has 1 aliphatic rings. The van der Waals surface area contributed by atoms with E-state index in [2.05, 4.69) is 41.5 Å². The molecular formula is C19H27ClN5O-. The van der Waals surface area contributed by atoms with Crippen molar-refractivity contribution in [3.63, 3.8) is 0 Å². The third-order valence-electron chi connectivity index (χ3n) is 4.47. The molecule has 0 radical (unpaired) electrons. The molecule has 26 heavy (non-hydrogen) atoms. The number of carbonyl (C=O) groups is 1. The Morgan fingerprint density at radius 3 is 2.54 bits per heavy atom. The second kappa shape index (κ2) is 10.7. The summed E-state index contributed by atoms with van der Waals surface area (Å²) in [6.07, 6.45) is 1.52. The van der Waals surface area contributed by atoms with Crippen molar-refractivity contribution in [3.8, 4) is 6.07 Å². The van der Waals surface area contributed by atoms with Crippen molar-refractivity contribution in [2.24, 2.45) is 0 Å². The summed E-state index contributed by atoms with van der Waals surface area (Å²) < 4.78 is 0. The van der Waals surface area contributed by atoms with Crippen molar-refractivity contribution in [2.45, 2.75) is 20.8 Å². The molecule has 1 heterocycles. The lowest BCUT2D eigenvalue weighted by Gasteiger charge is -2.27. The van der Waals surface area contributed by atoms with Crippen molar-refractivity contribution in [1.29, 1.82) is 5.26 Å². The Hall–Kier alpha value is -2.23. The van der Waals surface area contributed by atoms with Crippen LogP contribution in [0.1, 0.15) is 19.4 Å². The van der Waals surface area contributed by atoms with Gasteiger partial charge in [0.05, 0.1) is 0 Å². The molecule has 1 fully saturated rings. The summed E-state index contributed by atoms with van der Waals surface area (Å²) in [5.41, 5.74) is 3.29. The Kier molecular flexibility index (Phi) is 8.97. The van der Waals surface area contributed by atoms with Gasteiger partial charge in [0.2, 0.25) is 0 Å². The Bertz CT molecular complexity index is 673. The van der Waals surface area contributed by atoms with Crippen LogP contribution < -0.4 is 27.9 Å². The van der Waals surface area contributed by atoms with Gasteiger partial charge in [0.25, 0.3) is 5.91 Å². The highest BCUT2D eigenvalue weighted by Gasteiger charge is 2.20. The zero-order valence-corrected chi connectivity index (χ0v) is 16.4. The fourth-order valence-corrected chi connectivity index (χ4v) is 2.93. The van der Waals surface area contributed by atoms with Crippen LogP contribution in [0.15, 0.2) is 30.0 Å². The number of piperazine rings is 1. The van der Waals surface area contributed by atoms with Crippen LogP contribution in [0.25, 0.3) is 0 Å². The van der Waals surface area contributed by atoms with Gasteiger partial charge < -0.3 is 32.8 Å². The number of aryl methyl sites for hydroxylation is 1. The number of hydrogen-bond acceptors (Lipinski definition) is 5. The minimum Gasteiger partial charge on any atom is -1.00 e. The monoisotopic (exact) mass is 376 g/mol. The van der Waals surface area contributed by atoms with E-state index in [4.69, 9.17) is 0 Å². The number of carbonyl (C=O) groups excluding carboxylic acids is 1. The van der Waals surface area contributed by atoms with Gasteiger partial charge in [-0.1, -0.05) is 0 Å². The molecule has 0 saturated carbocycles. The summed E-state index contributed by atoms with van der Waals surface area (Å²) in [6.45, 7) is 11.0. The normalized spacial score (nSPS) is 14.2. The molecule has 0 spiro atoms. The lowest BCUT2D eigenvalue weighted by molar-refractivity contribution is -0.127. The van der Waals surface area contributed by atoms with E-state index in [0.29, 0.717) is 13.1 Å². The third-order valence-corrected chi connectivity index (χ3v) is 4.47. The van der Waals surface area contributed by atoms with E-state index in [1.54, 1.807) is 4.90 Å². The number of benzene rings is 1. The number of halogens is 1. The predicted molar refractivity (Wildman–Crippen MR) is 102 cm³/mol. The van der Waals surface area contributed by atoms with Gasteiger partial charge >= 0.3 is 0 Å². The quantitative estimate of drug-likeness (QED) is 0.497. The van der Waals surface area contributed by atoms with E-state index in [1.807, 2.05) is 19.1 Å². The number of nitrogens with zero attached hydrogens (tertiary/aromatic N) is 3. The van der Waals surface area contributed by atoms with Gasteiger partial charge in [0.15, 0.2) is 0 Å². The van der Waals surface area contributed by atoms with Crippen LogP contribution in [-0.2, 0) is 4.79 Å². The number of anilines is 2. The van der Waals surface area contributed by atoms with Crippen molar-refractivity contribution in [1.82, 2.24) is 10.2 Å². The maximum Gasteiger partial charge on any atom is 0.266 e. The minimum absolute atomic E-state index is 0. The first-order chi connectivity index (χ1) is 12.1. The molecule has 0 aromatic heterocycles. The number of nitriles is 1. The van der Waals surface area contributed by atoms with E-state index in [1.165, 1.54) is 11.9 Å². The molecule has 2 rings (SSSR count). The van der Waals surface area contributed by atoms with E-state index >= 15 is 0 Å². The van der Waals surface area contributed by atoms with Gasteiger partial charge in [-0.2, -0.15) is 5.26 Å². The van der Waals surface area contributed by atoms with Crippen molar-refractivity contribution < 1.29 is 17.2 Å². The molecule has 1 aliphatic heterocycles. The Morgan fingerprint density at radius 2 is 2.00 bits per heavy atom. The highest BCUT2D eigenvalue weighted by Crippen LogP contribution is 2.23. The molecular weight excluding hydrogens is 350 g/mol. The molecule has 1 saturated heterocycles.